The van der Waals surface area contributed by atoms with Crippen LogP contribution in [-0.4, -0.2) is 59.0 Å². The zero-order valence-electron chi connectivity index (χ0n) is 16.4. The van der Waals surface area contributed by atoms with Crippen LogP contribution in [0.15, 0.2) is 29.4 Å². The van der Waals surface area contributed by atoms with Gasteiger partial charge in [-0.15, -0.1) is 5.92 Å². The Balaban J connectivity index is 1.64. The first kappa shape index (κ1) is 18.5. The molecule has 2 aromatic heterocycles. The molecule has 4 heterocycles. The fourth-order valence-electron chi connectivity index (χ4n) is 3.44. The van der Waals surface area contributed by atoms with Gasteiger partial charge in [0.15, 0.2) is 11.8 Å². The van der Waals surface area contributed by atoms with Crippen molar-refractivity contribution >= 4 is 12.1 Å². The van der Waals surface area contributed by atoms with Crippen LogP contribution in [0, 0.1) is 11.8 Å². The molecule has 146 valence electrons. The molecular formula is C20H26N8. The molecule has 0 radical (unpaired) electrons. The van der Waals surface area contributed by atoms with Gasteiger partial charge in [0.25, 0.3) is 0 Å². The molecule has 28 heavy (non-hydrogen) atoms. The smallest absolute Gasteiger partial charge is 0.209 e. The monoisotopic (exact) mass is 378 g/mol. The Kier molecular flexibility index (Phi) is 5.55. The minimum Gasteiger partial charge on any atom is -0.345 e. The molecule has 0 aliphatic carbocycles. The average Bonchev–Trinajstić information content (AvgIpc) is 3.09. The molecule has 0 aromatic carbocycles. The molecule has 1 fully saturated rings. The maximum absolute atomic E-state index is 4.88. The molecule has 1 unspecified atom stereocenters. The Labute approximate surface area is 165 Å². The molecular weight excluding hydrogens is 352 g/mol. The van der Waals surface area contributed by atoms with E-state index in [4.69, 9.17) is 9.98 Å². The van der Waals surface area contributed by atoms with Gasteiger partial charge in [-0.05, 0) is 19.1 Å². The van der Waals surface area contributed by atoms with Crippen LogP contribution in [0.5, 0.6) is 0 Å². The molecule has 2 aliphatic rings. The number of piperazine rings is 1. The molecule has 8 nitrogen and oxygen atoms in total. The Morgan fingerprint density at radius 2 is 2.14 bits per heavy atom. The number of pyridine rings is 1. The minimum atomic E-state index is -0.175. The predicted molar refractivity (Wildman–Crippen MR) is 109 cm³/mol. The number of aromatic nitrogens is 3. The van der Waals surface area contributed by atoms with E-state index in [0.717, 1.165) is 48.7 Å². The maximum atomic E-state index is 4.88. The summed E-state index contributed by atoms with van der Waals surface area (Å²) in [6, 6.07) is 5.92. The van der Waals surface area contributed by atoms with Gasteiger partial charge in [-0.3, -0.25) is 14.9 Å². The van der Waals surface area contributed by atoms with Crippen LogP contribution < -0.4 is 26.4 Å². The molecule has 0 saturated carbocycles. The van der Waals surface area contributed by atoms with Crippen LogP contribution in [0.2, 0.25) is 0 Å². The fraction of sp³-hybridized carbons (Fsp3) is 0.450. The second kappa shape index (κ2) is 8.42. The Morgan fingerprint density at radius 1 is 1.29 bits per heavy atom. The van der Waals surface area contributed by atoms with Gasteiger partial charge in [0, 0.05) is 52.2 Å². The molecule has 0 amide bonds. The second-order valence-electron chi connectivity index (χ2n) is 6.87. The Bertz CT molecular complexity index is 979. The van der Waals surface area contributed by atoms with Gasteiger partial charge in [-0.1, -0.05) is 12.0 Å². The van der Waals surface area contributed by atoms with Gasteiger partial charge in [-0.25, -0.2) is 4.99 Å². The summed E-state index contributed by atoms with van der Waals surface area (Å²) < 4.78 is 2.17. The minimum absolute atomic E-state index is 0.175. The highest BCUT2D eigenvalue weighted by Gasteiger charge is 2.22. The van der Waals surface area contributed by atoms with Gasteiger partial charge in [0.05, 0.1) is 12.2 Å². The number of imidazole rings is 1. The topological polar surface area (TPSA) is 73.6 Å². The van der Waals surface area contributed by atoms with E-state index in [1.807, 2.05) is 32.2 Å². The molecule has 0 bridgehead atoms. The van der Waals surface area contributed by atoms with E-state index in [1.54, 1.807) is 6.20 Å². The van der Waals surface area contributed by atoms with Crippen molar-refractivity contribution in [3.8, 4) is 11.8 Å². The molecule has 0 spiro atoms. The maximum Gasteiger partial charge on any atom is 0.209 e. The normalized spacial score (nSPS) is 18.6. The first-order valence-electron chi connectivity index (χ1n) is 9.63. The van der Waals surface area contributed by atoms with Crippen molar-refractivity contribution < 1.29 is 0 Å². The summed E-state index contributed by atoms with van der Waals surface area (Å²) in [7, 11) is 2.02. The second-order valence-corrected chi connectivity index (χ2v) is 6.87. The largest absolute Gasteiger partial charge is 0.345 e. The molecule has 4 rings (SSSR count). The summed E-state index contributed by atoms with van der Waals surface area (Å²) in [5.41, 5.74) is 1.75. The fourth-order valence-corrected chi connectivity index (χ4v) is 3.44. The summed E-state index contributed by atoms with van der Waals surface area (Å²) in [6.45, 7) is 6.93. The van der Waals surface area contributed by atoms with E-state index in [-0.39, 0.29) is 6.29 Å². The SMILES string of the molecule is CC#CCn1c(N2CCNCC2)nc2c1=CN(C)C(NCc1ccccn1)N=2. The zero-order chi connectivity index (χ0) is 19.3. The van der Waals surface area contributed by atoms with E-state index in [2.05, 4.69) is 48.0 Å². The highest BCUT2D eigenvalue weighted by Crippen LogP contribution is 2.10. The molecule has 1 saturated heterocycles. The number of rotatable bonds is 5. The van der Waals surface area contributed by atoms with E-state index in [1.165, 1.54) is 0 Å². The van der Waals surface area contributed by atoms with Gasteiger partial charge >= 0.3 is 0 Å². The number of anilines is 1. The van der Waals surface area contributed by atoms with Crippen molar-refractivity contribution in [2.24, 2.45) is 4.99 Å². The Morgan fingerprint density at radius 3 is 2.89 bits per heavy atom. The zero-order valence-corrected chi connectivity index (χ0v) is 16.4. The van der Waals surface area contributed by atoms with Crippen LogP contribution in [0.1, 0.15) is 12.6 Å². The third-order valence-electron chi connectivity index (χ3n) is 4.93. The third kappa shape index (κ3) is 3.86. The molecule has 2 N–H and O–H groups in total. The highest BCUT2D eigenvalue weighted by atomic mass is 15.4. The number of fused-ring (bicyclic) bond motifs is 1. The van der Waals surface area contributed by atoms with Crippen molar-refractivity contribution in [1.82, 2.24) is 30.1 Å². The number of nitrogens with one attached hydrogen (secondary N) is 2. The molecule has 2 aliphatic heterocycles. The van der Waals surface area contributed by atoms with Crippen LogP contribution in [-0.2, 0) is 13.1 Å². The molecule has 1 atom stereocenters. The summed E-state index contributed by atoms with van der Waals surface area (Å²) in [5, 5.41) is 7.85. The summed E-state index contributed by atoms with van der Waals surface area (Å²) >= 11 is 0. The lowest BCUT2D eigenvalue weighted by molar-refractivity contribution is 0.292. The quantitative estimate of drug-likeness (QED) is 0.656. The van der Waals surface area contributed by atoms with Crippen molar-refractivity contribution in [3.05, 3.63) is 40.9 Å². The highest BCUT2D eigenvalue weighted by molar-refractivity contribution is 5.36. The van der Waals surface area contributed by atoms with Gasteiger partial charge in [-0.2, -0.15) is 4.98 Å². The third-order valence-corrected chi connectivity index (χ3v) is 4.93. The van der Waals surface area contributed by atoms with Crippen molar-refractivity contribution in [1.29, 1.82) is 0 Å². The van der Waals surface area contributed by atoms with E-state index < -0.39 is 0 Å². The van der Waals surface area contributed by atoms with Crippen molar-refractivity contribution in [2.75, 3.05) is 38.1 Å². The van der Waals surface area contributed by atoms with Gasteiger partial charge < -0.3 is 15.1 Å². The lowest BCUT2D eigenvalue weighted by Gasteiger charge is -2.28. The first-order chi connectivity index (χ1) is 13.8. The predicted octanol–water partition coefficient (Wildman–Crippen LogP) is -0.913. The standard InChI is InChI=1S/C20H26N8/c1-3-4-11-28-17-15-26(2)19(23-14-16-7-5-6-8-22-16)24-18(17)25-20(28)27-12-9-21-10-13-27/h5-8,15,19,21,23H,9-14H2,1-2H3. The average molecular weight is 378 g/mol. The number of hydrogen-bond donors (Lipinski definition) is 2. The molecule has 2 aromatic rings. The van der Waals surface area contributed by atoms with Crippen LogP contribution in [0.4, 0.5) is 5.95 Å². The van der Waals surface area contributed by atoms with E-state index in [0.29, 0.717) is 13.1 Å². The van der Waals surface area contributed by atoms with Crippen molar-refractivity contribution in [3.63, 3.8) is 0 Å². The summed E-state index contributed by atoms with van der Waals surface area (Å²) in [6.07, 6.45) is 3.74. The van der Waals surface area contributed by atoms with E-state index in [9.17, 15) is 0 Å². The lowest BCUT2D eigenvalue weighted by Crippen LogP contribution is -2.48. The summed E-state index contributed by atoms with van der Waals surface area (Å²) in [5.74, 6) is 7.13. The van der Waals surface area contributed by atoms with Crippen LogP contribution in [0.25, 0.3) is 6.20 Å². The van der Waals surface area contributed by atoms with Crippen LogP contribution in [0.3, 0.4) is 0 Å². The summed E-state index contributed by atoms with van der Waals surface area (Å²) in [4.78, 5) is 18.5. The van der Waals surface area contributed by atoms with Crippen LogP contribution >= 0.6 is 0 Å². The number of nitrogens with zero attached hydrogens (tertiary/aromatic N) is 6. The van der Waals surface area contributed by atoms with Gasteiger partial charge in [0.1, 0.15) is 5.35 Å². The number of hydrogen-bond acceptors (Lipinski definition) is 7. The lowest BCUT2D eigenvalue weighted by atomic mass is 10.3. The molecule has 8 heteroatoms. The van der Waals surface area contributed by atoms with Gasteiger partial charge in [0.2, 0.25) is 5.95 Å². The van der Waals surface area contributed by atoms with Crippen molar-refractivity contribution in [2.45, 2.75) is 26.3 Å². The first-order valence-corrected chi connectivity index (χ1v) is 9.63. The Hall–Kier alpha value is -2.89. The van der Waals surface area contributed by atoms with E-state index >= 15 is 0 Å².